The summed E-state index contributed by atoms with van der Waals surface area (Å²) in [5.41, 5.74) is 2.30. The highest BCUT2D eigenvalue weighted by Gasteiger charge is 2.07. The highest BCUT2D eigenvalue weighted by Crippen LogP contribution is 2.19. The number of aryl methyl sites for hydroxylation is 2. The molecule has 0 radical (unpaired) electrons. The molecule has 0 fully saturated rings. The van der Waals surface area contributed by atoms with E-state index in [0.29, 0.717) is 0 Å². The van der Waals surface area contributed by atoms with Gasteiger partial charge in [0.15, 0.2) is 0 Å². The van der Waals surface area contributed by atoms with E-state index < -0.39 is 0 Å². The third-order valence-corrected chi connectivity index (χ3v) is 3.54. The zero-order valence-electron chi connectivity index (χ0n) is 12.2. The van der Waals surface area contributed by atoms with E-state index in [2.05, 4.69) is 23.6 Å². The van der Waals surface area contributed by atoms with Crippen LogP contribution in [-0.4, -0.2) is 16.8 Å². The molecule has 20 heavy (non-hydrogen) atoms. The van der Waals surface area contributed by atoms with Crippen molar-refractivity contribution in [3.8, 4) is 5.75 Å². The van der Waals surface area contributed by atoms with E-state index in [4.69, 9.17) is 4.74 Å². The molecule has 2 aromatic rings. The number of nitrogens with zero attached hydrogens (tertiary/aromatic N) is 1. The lowest BCUT2D eigenvalue weighted by molar-refractivity contribution is 0.166. The number of aliphatic hydroxyl groups excluding tert-OH is 1. The summed E-state index contributed by atoms with van der Waals surface area (Å²) >= 11 is 0. The molecule has 2 rings (SSSR count). The summed E-state index contributed by atoms with van der Waals surface area (Å²) < 4.78 is 7.29. The van der Waals surface area contributed by atoms with E-state index in [9.17, 15) is 5.11 Å². The summed E-state index contributed by atoms with van der Waals surface area (Å²) in [5, 5.41) is 9.95. The molecule has 3 nitrogen and oxygen atoms in total. The first-order valence-corrected chi connectivity index (χ1v) is 7.19. The molecule has 1 heterocycles. The van der Waals surface area contributed by atoms with Crippen LogP contribution in [0.4, 0.5) is 0 Å². The smallest absolute Gasteiger partial charge is 0.118 e. The highest BCUT2D eigenvalue weighted by molar-refractivity contribution is 5.27. The predicted octanol–water partition coefficient (Wildman–Crippen LogP) is 3.57. The summed E-state index contributed by atoms with van der Waals surface area (Å²) in [6, 6.07) is 10.2. The summed E-state index contributed by atoms with van der Waals surface area (Å²) in [4.78, 5) is 0. The van der Waals surface area contributed by atoms with Gasteiger partial charge >= 0.3 is 0 Å². The fourth-order valence-electron chi connectivity index (χ4n) is 2.29. The lowest BCUT2D eigenvalue weighted by Crippen LogP contribution is -1.99. The number of ether oxygens (including phenoxy) is 1. The molecule has 1 unspecified atom stereocenters. The predicted molar refractivity (Wildman–Crippen MR) is 81.0 cm³/mol. The molecular formula is C17H23NO2. The van der Waals surface area contributed by atoms with E-state index in [-0.39, 0.29) is 6.10 Å². The Bertz CT molecular complexity index is 516. The molecule has 0 aliphatic rings. The van der Waals surface area contributed by atoms with Crippen molar-refractivity contribution in [3.63, 3.8) is 0 Å². The third kappa shape index (κ3) is 3.87. The van der Waals surface area contributed by atoms with Gasteiger partial charge in [0.25, 0.3) is 0 Å². The highest BCUT2D eigenvalue weighted by atomic mass is 16.5. The average molecular weight is 273 g/mol. The quantitative estimate of drug-likeness (QED) is 0.836. The molecule has 0 saturated heterocycles. The number of methoxy groups -OCH3 is 1. The molecule has 1 atom stereocenters. The van der Waals surface area contributed by atoms with Gasteiger partial charge in [-0.1, -0.05) is 25.5 Å². The van der Waals surface area contributed by atoms with Gasteiger partial charge in [0, 0.05) is 18.9 Å². The number of benzene rings is 1. The number of rotatable bonds is 7. The zero-order chi connectivity index (χ0) is 14.4. The van der Waals surface area contributed by atoms with Crippen molar-refractivity contribution >= 4 is 0 Å². The minimum absolute atomic E-state index is 0.331. The van der Waals surface area contributed by atoms with Crippen LogP contribution in [0.1, 0.15) is 37.0 Å². The van der Waals surface area contributed by atoms with Crippen molar-refractivity contribution in [1.82, 2.24) is 4.57 Å². The Kier molecular flexibility index (Phi) is 5.24. The van der Waals surface area contributed by atoms with Gasteiger partial charge in [-0.25, -0.2) is 0 Å². The van der Waals surface area contributed by atoms with Crippen LogP contribution in [0.15, 0.2) is 42.7 Å². The van der Waals surface area contributed by atoms with Crippen LogP contribution in [-0.2, 0) is 13.0 Å². The molecular weight excluding hydrogens is 250 g/mol. The number of aliphatic hydroxyl groups is 1. The molecule has 1 aromatic heterocycles. The van der Waals surface area contributed by atoms with Crippen molar-refractivity contribution < 1.29 is 9.84 Å². The third-order valence-electron chi connectivity index (χ3n) is 3.54. The number of hydrogen-bond acceptors (Lipinski definition) is 2. The van der Waals surface area contributed by atoms with Crippen molar-refractivity contribution in [1.29, 1.82) is 0 Å². The summed E-state index contributed by atoms with van der Waals surface area (Å²) in [6.07, 6.45) is 6.55. The van der Waals surface area contributed by atoms with Gasteiger partial charge in [-0.3, -0.25) is 0 Å². The Labute approximate surface area is 120 Å². The van der Waals surface area contributed by atoms with Crippen molar-refractivity contribution in [2.24, 2.45) is 0 Å². The van der Waals surface area contributed by atoms with Gasteiger partial charge in [0.2, 0.25) is 0 Å². The zero-order valence-corrected chi connectivity index (χ0v) is 12.2. The van der Waals surface area contributed by atoms with Gasteiger partial charge in [-0.05, 0) is 42.2 Å². The van der Waals surface area contributed by atoms with E-state index >= 15 is 0 Å². The second-order valence-electron chi connectivity index (χ2n) is 5.09. The topological polar surface area (TPSA) is 34.4 Å². The largest absolute Gasteiger partial charge is 0.497 e. The Morgan fingerprint density at radius 3 is 2.60 bits per heavy atom. The first kappa shape index (κ1) is 14.7. The molecule has 0 saturated carbocycles. The monoisotopic (exact) mass is 273 g/mol. The van der Waals surface area contributed by atoms with Crippen LogP contribution < -0.4 is 4.74 Å². The maximum atomic E-state index is 9.95. The van der Waals surface area contributed by atoms with Crippen LogP contribution in [0.25, 0.3) is 0 Å². The first-order valence-electron chi connectivity index (χ1n) is 7.19. The lowest BCUT2D eigenvalue weighted by Gasteiger charge is -2.07. The Morgan fingerprint density at radius 1 is 1.20 bits per heavy atom. The standard InChI is InChI=1S/C17H23NO2/c1-3-4-17(19)15-10-12-18(13-15)11-9-14-5-7-16(20-2)8-6-14/h5-8,10,12-13,17,19H,3-4,9,11H2,1-2H3. The lowest BCUT2D eigenvalue weighted by atomic mass is 10.1. The van der Waals surface area contributed by atoms with Crippen LogP contribution in [0.2, 0.25) is 0 Å². The molecule has 1 N–H and O–H groups in total. The normalized spacial score (nSPS) is 12.3. The summed E-state index contributed by atoms with van der Waals surface area (Å²) in [5.74, 6) is 0.889. The molecule has 0 aliphatic heterocycles. The summed E-state index contributed by atoms with van der Waals surface area (Å²) in [7, 11) is 1.68. The van der Waals surface area contributed by atoms with Gasteiger partial charge in [-0.2, -0.15) is 0 Å². The van der Waals surface area contributed by atoms with Gasteiger partial charge in [0.05, 0.1) is 13.2 Å². The molecule has 0 aliphatic carbocycles. The number of aromatic nitrogens is 1. The molecule has 108 valence electrons. The SMILES string of the molecule is CCCC(O)c1ccn(CCc2ccc(OC)cc2)c1. The second kappa shape index (κ2) is 7.15. The Hall–Kier alpha value is -1.74. The fourth-order valence-corrected chi connectivity index (χ4v) is 2.29. The Morgan fingerprint density at radius 2 is 1.95 bits per heavy atom. The number of hydrogen-bond donors (Lipinski definition) is 1. The maximum Gasteiger partial charge on any atom is 0.118 e. The van der Waals surface area contributed by atoms with E-state index in [1.165, 1.54) is 5.56 Å². The molecule has 1 aromatic carbocycles. The first-order chi connectivity index (χ1) is 9.72. The van der Waals surface area contributed by atoms with Crippen LogP contribution in [0.5, 0.6) is 5.75 Å². The van der Waals surface area contributed by atoms with Crippen LogP contribution in [0, 0.1) is 0 Å². The van der Waals surface area contributed by atoms with Crippen LogP contribution >= 0.6 is 0 Å². The van der Waals surface area contributed by atoms with E-state index in [0.717, 1.165) is 37.1 Å². The van der Waals surface area contributed by atoms with Crippen molar-refractivity contribution in [2.75, 3.05) is 7.11 Å². The fraction of sp³-hybridized carbons (Fsp3) is 0.412. The molecule has 3 heteroatoms. The minimum atomic E-state index is -0.331. The van der Waals surface area contributed by atoms with Crippen molar-refractivity contribution in [2.45, 2.75) is 38.8 Å². The molecule has 0 bridgehead atoms. The van der Waals surface area contributed by atoms with Gasteiger partial charge in [-0.15, -0.1) is 0 Å². The molecule has 0 spiro atoms. The van der Waals surface area contributed by atoms with E-state index in [1.807, 2.05) is 30.6 Å². The van der Waals surface area contributed by atoms with Crippen molar-refractivity contribution in [3.05, 3.63) is 53.9 Å². The molecule has 0 amide bonds. The van der Waals surface area contributed by atoms with Crippen LogP contribution in [0.3, 0.4) is 0 Å². The summed E-state index contributed by atoms with van der Waals surface area (Å²) in [6.45, 7) is 3.01. The minimum Gasteiger partial charge on any atom is -0.497 e. The van der Waals surface area contributed by atoms with Gasteiger partial charge < -0.3 is 14.4 Å². The second-order valence-corrected chi connectivity index (χ2v) is 5.09. The van der Waals surface area contributed by atoms with Gasteiger partial charge in [0.1, 0.15) is 5.75 Å². The average Bonchev–Trinajstić information content (AvgIpc) is 2.95. The maximum absolute atomic E-state index is 9.95. The Balaban J connectivity index is 1.90. The van der Waals surface area contributed by atoms with E-state index in [1.54, 1.807) is 7.11 Å².